The molecule has 1 atom stereocenters. The van der Waals surface area contributed by atoms with Gasteiger partial charge in [-0.05, 0) is 37.1 Å². The number of likely N-dealkylation sites (tertiary alicyclic amines) is 1. The number of esters is 2. The van der Waals surface area contributed by atoms with Crippen LogP contribution in [0.1, 0.15) is 37.0 Å². The molecule has 2 amide bonds. The number of carbonyl (C=O) groups is 5. The second kappa shape index (κ2) is 13.0. The fraction of sp³-hybridized carbons (Fsp3) is 0.560. The molecular formula is C25H33N3O9. The summed E-state index contributed by atoms with van der Waals surface area (Å²) in [5.41, 5.74) is 0.447. The van der Waals surface area contributed by atoms with Crippen molar-refractivity contribution >= 4 is 29.7 Å². The van der Waals surface area contributed by atoms with Crippen LogP contribution in [0.3, 0.4) is 0 Å². The lowest BCUT2D eigenvalue weighted by atomic mass is 10.0. The Kier molecular flexibility index (Phi) is 9.84. The highest BCUT2D eigenvalue weighted by molar-refractivity contribution is 5.99. The van der Waals surface area contributed by atoms with Gasteiger partial charge in [0.25, 0.3) is 0 Å². The van der Waals surface area contributed by atoms with Gasteiger partial charge in [-0.25, -0.2) is 9.59 Å². The van der Waals surface area contributed by atoms with Crippen LogP contribution < -0.4 is 4.74 Å². The van der Waals surface area contributed by atoms with E-state index in [9.17, 15) is 24.0 Å². The number of ketones is 1. The molecule has 2 saturated heterocycles. The third kappa shape index (κ3) is 8.17. The van der Waals surface area contributed by atoms with Crippen molar-refractivity contribution in [3.05, 3.63) is 29.8 Å². The van der Waals surface area contributed by atoms with E-state index in [0.717, 1.165) is 0 Å². The summed E-state index contributed by atoms with van der Waals surface area (Å²) in [5, 5.41) is 0. The SMILES string of the molecule is COC(=O)COc1ccc(C(=O)CN2CCN(C3CCN(C(=O)OC(C)OC(C)=O)CC3)CC2=O)cc1. The minimum absolute atomic E-state index is 0.0140. The lowest BCUT2D eigenvalue weighted by Crippen LogP contribution is -2.56. The van der Waals surface area contributed by atoms with E-state index in [1.165, 1.54) is 21.0 Å². The molecule has 1 aromatic rings. The predicted molar refractivity (Wildman–Crippen MR) is 129 cm³/mol. The van der Waals surface area contributed by atoms with E-state index in [2.05, 4.69) is 9.64 Å². The van der Waals surface area contributed by atoms with Gasteiger partial charge in [-0.15, -0.1) is 0 Å². The summed E-state index contributed by atoms with van der Waals surface area (Å²) in [7, 11) is 1.27. The van der Waals surface area contributed by atoms with Crippen molar-refractivity contribution in [3.63, 3.8) is 0 Å². The van der Waals surface area contributed by atoms with E-state index in [-0.39, 0.29) is 37.4 Å². The van der Waals surface area contributed by atoms with Crippen molar-refractivity contribution < 1.29 is 42.9 Å². The fourth-order valence-corrected chi connectivity index (χ4v) is 4.30. The summed E-state index contributed by atoms with van der Waals surface area (Å²) in [6.07, 6.45) is -0.106. The average Bonchev–Trinajstić information content (AvgIpc) is 2.88. The first-order valence-electron chi connectivity index (χ1n) is 12.1. The molecule has 2 aliphatic heterocycles. The third-order valence-electron chi connectivity index (χ3n) is 6.28. The van der Waals surface area contributed by atoms with E-state index >= 15 is 0 Å². The summed E-state index contributed by atoms with van der Waals surface area (Å²) in [5.74, 6) is -0.892. The largest absolute Gasteiger partial charge is 0.482 e. The van der Waals surface area contributed by atoms with E-state index in [0.29, 0.717) is 50.3 Å². The van der Waals surface area contributed by atoms with E-state index in [1.54, 1.807) is 34.1 Å². The van der Waals surface area contributed by atoms with Gasteiger partial charge >= 0.3 is 18.0 Å². The van der Waals surface area contributed by atoms with Crippen molar-refractivity contribution in [1.82, 2.24) is 14.7 Å². The summed E-state index contributed by atoms with van der Waals surface area (Å²) in [4.78, 5) is 65.1. The molecule has 3 rings (SSSR count). The summed E-state index contributed by atoms with van der Waals surface area (Å²) < 4.78 is 19.8. The predicted octanol–water partition coefficient (Wildman–Crippen LogP) is 1.08. The van der Waals surface area contributed by atoms with E-state index in [1.807, 2.05) is 0 Å². The van der Waals surface area contributed by atoms with Gasteiger partial charge in [0, 0.05) is 51.6 Å². The number of hydrogen-bond donors (Lipinski definition) is 0. The molecular weight excluding hydrogens is 486 g/mol. The number of piperidine rings is 1. The molecule has 2 aliphatic rings. The maximum atomic E-state index is 12.8. The van der Waals surface area contributed by atoms with Crippen molar-refractivity contribution in [2.24, 2.45) is 0 Å². The number of Topliss-reactive ketones (excluding diaryl/α,β-unsaturated/α-hetero) is 1. The Balaban J connectivity index is 1.42. The molecule has 0 aliphatic carbocycles. The fourth-order valence-electron chi connectivity index (χ4n) is 4.30. The lowest BCUT2D eigenvalue weighted by molar-refractivity contribution is -0.163. The number of ether oxygens (including phenoxy) is 4. The van der Waals surface area contributed by atoms with Crippen LogP contribution in [0.15, 0.2) is 24.3 Å². The van der Waals surface area contributed by atoms with Crippen LogP contribution in [0.4, 0.5) is 4.79 Å². The van der Waals surface area contributed by atoms with Crippen LogP contribution in [0.25, 0.3) is 0 Å². The lowest BCUT2D eigenvalue weighted by Gasteiger charge is -2.42. The molecule has 1 aromatic carbocycles. The van der Waals surface area contributed by atoms with Gasteiger partial charge in [0.2, 0.25) is 12.2 Å². The Labute approximate surface area is 215 Å². The molecule has 202 valence electrons. The molecule has 0 spiro atoms. The van der Waals surface area contributed by atoms with Crippen molar-refractivity contribution in [2.45, 2.75) is 39.0 Å². The van der Waals surface area contributed by atoms with Gasteiger partial charge < -0.3 is 28.7 Å². The maximum Gasteiger partial charge on any atom is 0.412 e. The van der Waals surface area contributed by atoms with Gasteiger partial charge in [-0.3, -0.25) is 19.3 Å². The van der Waals surface area contributed by atoms with Crippen LogP contribution in [0.5, 0.6) is 5.75 Å². The second-order valence-corrected chi connectivity index (χ2v) is 8.88. The number of nitrogens with zero attached hydrogens (tertiary/aromatic N) is 3. The standard InChI is InChI=1S/C25H33N3O9/c1-17(29)36-18(2)37-25(33)26-10-8-20(9-11-26)27-12-13-28(23(31)15-27)14-22(30)19-4-6-21(7-5-19)35-16-24(32)34-3/h4-7,18,20H,8-16H2,1-3H3. The number of piperazine rings is 1. The average molecular weight is 520 g/mol. The highest BCUT2D eigenvalue weighted by atomic mass is 16.7. The number of methoxy groups -OCH3 is 1. The van der Waals surface area contributed by atoms with E-state index < -0.39 is 24.3 Å². The number of carbonyl (C=O) groups excluding carboxylic acids is 5. The smallest absolute Gasteiger partial charge is 0.412 e. The Morgan fingerprint density at radius 2 is 1.68 bits per heavy atom. The molecule has 1 unspecified atom stereocenters. The van der Waals surface area contributed by atoms with Crippen LogP contribution in [0, 0.1) is 0 Å². The monoisotopic (exact) mass is 519 g/mol. The summed E-state index contributed by atoms with van der Waals surface area (Å²) in [6, 6.07) is 6.53. The first-order chi connectivity index (χ1) is 17.7. The van der Waals surface area contributed by atoms with Gasteiger partial charge in [0.15, 0.2) is 12.4 Å². The maximum absolute atomic E-state index is 12.8. The van der Waals surface area contributed by atoms with Crippen LogP contribution in [-0.2, 0) is 28.6 Å². The highest BCUT2D eigenvalue weighted by Gasteiger charge is 2.33. The first kappa shape index (κ1) is 27.9. The molecule has 0 radical (unpaired) electrons. The van der Waals surface area contributed by atoms with Crippen LogP contribution in [-0.4, -0.2) is 110 Å². The Hall–Kier alpha value is -3.67. The normalized spacial score (nSPS) is 17.6. The van der Waals surface area contributed by atoms with Crippen molar-refractivity contribution in [2.75, 3.05) is 53.0 Å². The number of benzene rings is 1. The van der Waals surface area contributed by atoms with Gasteiger partial charge in [0.05, 0.1) is 20.2 Å². The first-order valence-corrected chi connectivity index (χ1v) is 12.1. The van der Waals surface area contributed by atoms with Gasteiger partial charge in [-0.1, -0.05) is 0 Å². The zero-order valence-corrected chi connectivity index (χ0v) is 21.3. The minimum Gasteiger partial charge on any atom is -0.482 e. The minimum atomic E-state index is -0.950. The topological polar surface area (TPSA) is 132 Å². The molecule has 0 saturated carbocycles. The molecule has 37 heavy (non-hydrogen) atoms. The van der Waals surface area contributed by atoms with Crippen LogP contribution in [0.2, 0.25) is 0 Å². The summed E-state index contributed by atoms with van der Waals surface area (Å²) in [6.45, 7) is 4.73. The second-order valence-electron chi connectivity index (χ2n) is 8.88. The van der Waals surface area contributed by atoms with Gasteiger partial charge in [0.1, 0.15) is 5.75 Å². The highest BCUT2D eigenvalue weighted by Crippen LogP contribution is 2.20. The zero-order valence-electron chi connectivity index (χ0n) is 21.3. The quantitative estimate of drug-likeness (QED) is 0.265. The molecule has 0 bridgehead atoms. The molecule has 0 N–H and O–H groups in total. The van der Waals surface area contributed by atoms with Crippen molar-refractivity contribution in [3.8, 4) is 5.75 Å². The summed E-state index contributed by atoms with van der Waals surface area (Å²) >= 11 is 0. The Bertz CT molecular complexity index is 990. The Morgan fingerprint density at radius 3 is 2.27 bits per heavy atom. The van der Waals surface area contributed by atoms with Crippen LogP contribution >= 0.6 is 0 Å². The number of rotatable bonds is 9. The van der Waals surface area contributed by atoms with Gasteiger partial charge in [-0.2, -0.15) is 0 Å². The molecule has 0 aromatic heterocycles. The molecule has 2 heterocycles. The molecule has 12 heteroatoms. The van der Waals surface area contributed by atoms with Crippen molar-refractivity contribution in [1.29, 1.82) is 0 Å². The Morgan fingerprint density at radius 1 is 1.00 bits per heavy atom. The molecule has 2 fully saturated rings. The molecule has 12 nitrogen and oxygen atoms in total. The number of hydrogen-bond acceptors (Lipinski definition) is 10. The zero-order chi connectivity index (χ0) is 26.9. The number of amides is 2. The van der Waals surface area contributed by atoms with E-state index in [4.69, 9.17) is 14.2 Å². The third-order valence-corrected chi connectivity index (χ3v) is 6.28.